The number of fused-ring (bicyclic) bond motifs is 1. The number of hydrogen-bond donors (Lipinski definition) is 2. The van der Waals surface area contributed by atoms with Crippen LogP contribution in [0.5, 0.6) is 0 Å². The number of rotatable bonds is 6. The zero-order valence-corrected chi connectivity index (χ0v) is 10.7. The van der Waals surface area contributed by atoms with Crippen molar-refractivity contribution in [3.05, 3.63) is 36.0 Å². The van der Waals surface area contributed by atoms with Crippen LogP contribution in [-0.4, -0.2) is 35.8 Å². The molecule has 0 aliphatic carbocycles. The summed E-state index contributed by atoms with van der Waals surface area (Å²) in [6.07, 6.45) is 0. The van der Waals surface area contributed by atoms with Crippen molar-refractivity contribution in [1.29, 1.82) is 0 Å². The zero-order valence-electron chi connectivity index (χ0n) is 10.7. The Morgan fingerprint density at radius 1 is 1.42 bits per heavy atom. The van der Waals surface area contributed by atoms with Crippen LogP contribution in [0.1, 0.15) is 17.4 Å². The van der Waals surface area contributed by atoms with Crippen LogP contribution in [0.4, 0.5) is 5.82 Å². The van der Waals surface area contributed by atoms with Crippen LogP contribution in [0.15, 0.2) is 30.3 Å². The Balaban J connectivity index is 2.31. The molecule has 5 nitrogen and oxygen atoms in total. The van der Waals surface area contributed by atoms with E-state index >= 15 is 0 Å². The van der Waals surface area contributed by atoms with Gasteiger partial charge < -0.3 is 15.2 Å². The molecule has 0 saturated heterocycles. The van der Waals surface area contributed by atoms with Gasteiger partial charge in [0, 0.05) is 18.5 Å². The Labute approximate surface area is 111 Å². The first-order valence-electron chi connectivity index (χ1n) is 6.17. The number of benzene rings is 1. The number of aromatic carboxylic acids is 1. The number of ether oxygens (including phenoxy) is 1. The normalized spacial score (nSPS) is 10.6. The maximum absolute atomic E-state index is 11.1. The zero-order chi connectivity index (χ0) is 13.7. The van der Waals surface area contributed by atoms with Crippen LogP contribution in [0.25, 0.3) is 10.8 Å². The second kappa shape index (κ2) is 6.15. The topological polar surface area (TPSA) is 71.5 Å². The van der Waals surface area contributed by atoms with Gasteiger partial charge in [0.2, 0.25) is 0 Å². The molecule has 100 valence electrons. The SMILES string of the molecule is CCOCCNc1nc(C(=O)O)cc2ccccc12. The van der Waals surface area contributed by atoms with Crippen LogP contribution in [0.3, 0.4) is 0 Å². The van der Waals surface area contributed by atoms with Gasteiger partial charge >= 0.3 is 5.97 Å². The minimum Gasteiger partial charge on any atom is -0.477 e. The van der Waals surface area contributed by atoms with E-state index in [0.717, 1.165) is 10.8 Å². The van der Waals surface area contributed by atoms with Crippen LogP contribution in [0.2, 0.25) is 0 Å². The van der Waals surface area contributed by atoms with Gasteiger partial charge in [0.25, 0.3) is 0 Å². The summed E-state index contributed by atoms with van der Waals surface area (Å²) in [5, 5.41) is 13.9. The van der Waals surface area contributed by atoms with E-state index in [-0.39, 0.29) is 5.69 Å². The smallest absolute Gasteiger partial charge is 0.354 e. The summed E-state index contributed by atoms with van der Waals surface area (Å²) in [4.78, 5) is 15.2. The van der Waals surface area contributed by atoms with Crippen molar-refractivity contribution in [2.45, 2.75) is 6.92 Å². The van der Waals surface area contributed by atoms with Gasteiger partial charge in [0.15, 0.2) is 5.69 Å². The van der Waals surface area contributed by atoms with Crippen molar-refractivity contribution >= 4 is 22.6 Å². The molecule has 0 fully saturated rings. The third kappa shape index (κ3) is 3.20. The molecule has 1 aromatic heterocycles. The summed E-state index contributed by atoms with van der Waals surface area (Å²) in [6.45, 7) is 3.74. The fourth-order valence-corrected chi connectivity index (χ4v) is 1.83. The average Bonchev–Trinajstić information content (AvgIpc) is 2.43. The molecule has 0 aliphatic rings. The summed E-state index contributed by atoms with van der Waals surface area (Å²) in [6, 6.07) is 9.13. The van der Waals surface area contributed by atoms with E-state index in [9.17, 15) is 4.79 Å². The Morgan fingerprint density at radius 2 is 2.21 bits per heavy atom. The number of carboxylic acids is 1. The molecule has 0 unspecified atom stereocenters. The first-order valence-corrected chi connectivity index (χ1v) is 6.17. The molecule has 19 heavy (non-hydrogen) atoms. The Morgan fingerprint density at radius 3 is 2.95 bits per heavy atom. The lowest BCUT2D eigenvalue weighted by Crippen LogP contribution is -2.12. The molecule has 0 atom stereocenters. The molecule has 2 aromatic rings. The van der Waals surface area contributed by atoms with Gasteiger partial charge in [-0.25, -0.2) is 9.78 Å². The molecule has 5 heteroatoms. The summed E-state index contributed by atoms with van der Waals surface area (Å²) in [5.41, 5.74) is 0.0395. The number of nitrogens with one attached hydrogen (secondary N) is 1. The van der Waals surface area contributed by atoms with Gasteiger partial charge in [-0.05, 0) is 18.4 Å². The number of nitrogens with zero attached hydrogens (tertiary/aromatic N) is 1. The van der Waals surface area contributed by atoms with E-state index in [0.29, 0.717) is 25.6 Å². The predicted molar refractivity (Wildman–Crippen MR) is 73.7 cm³/mol. The van der Waals surface area contributed by atoms with E-state index in [1.807, 2.05) is 31.2 Å². The summed E-state index contributed by atoms with van der Waals surface area (Å²) in [7, 11) is 0. The number of carboxylic acid groups (broad SMARTS) is 1. The number of anilines is 1. The van der Waals surface area contributed by atoms with Crippen molar-refractivity contribution in [3.8, 4) is 0 Å². The molecule has 1 aromatic carbocycles. The van der Waals surface area contributed by atoms with E-state index in [1.54, 1.807) is 6.07 Å². The van der Waals surface area contributed by atoms with Crippen LogP contribution < -0.4 is 5.32 Å². The lowest BCUT2D eigenvalue weighted by Gasteiger charge is -2.10. The van der Waals surface area contributed by atoms with Gasteiger partial charge in [0.1, 0.15) is 5.82 Å². The summed E-state index contributed by atoms with van der Waals surface area (Å²) >= 11 is 0. The minimum atomic E-state index is -1.03. The first kappa shape index (κ1) is 13.3. The predicted octanol–water partition coefficient (Wildman–Crippen LogP) is 2.38. The van der Waals surface area contributed by atoms with Crippen molar-refractivity contribution in [3.63, 3.8) is 0 Å². The van der Waals surface area contributed by atoms with Gasteiger partial charge in [-0.3, -0.25) is 0 Å². The van der Waals surface area contributed by atoms with Gasteiger partial charge in [-0.1, -0.05) is 24.3 Å². The molecule has 0 aliphatic heterocycles. The quantitative estimate of drug-likeness (QED) is 0.780. The van der Waals surface area contributed by atoms with Crippen molar-refractivity contribution in [2.75, 3.05) is 25.1 Å². The molecular weight excluding hydrogens is 244 g/mol. The molecular formula is C14H16N2O3. The van der Waals surface area contributed by atoms with Crippen molar-refractivity contribution in [2.24, 2.45) is 0 Å². The third-order valence-corrected chi connectivity index (χ3v) is 2.70. The molecule has 0 spiro atoms. The van der Waals surface area contributed by atoms with E-state index in [2.05, 4.69) is 10.3 Å². The van der Waals surface area contributed by atoms with Crippen molar-refractivity contribution in [1.82, 2.24) is 4.98 Å². The molecule has 0 amide bonds. The minimum absolute atomic E-state index is 0.0395. The second-order valence-corrected chi connectivity index (χ2v) is 4.01. The number of hydrogen-bond acceptors (Lipinski definition) is 4. The number of pyridine rings is 1. The molecule has 0 saturated carbocycles. The Kier molecular flexibility index (Phi) is 4.30. The Bertz CT molecular complexity index is 584. The molecule has 0 radical (unpaired) electrons. The molecule has 0 bridgehead atoms. The second-order valence-electron chi connectivity index (χ2n) is 4.01. The fraction of sp³-hybridized carbons (Fsp3) is 0.286. The highest BCUT2D eigenvalue weighted by Crippen LogP contribution is 2.22. The third-order valence-electron chi connectivity index (χ3n) is 2.70. The van der Waals surface area contributed by atoms with Crippen LogP contribution in [0, 0.1) is 0 Å². The van der Waals surface area contributed by atoms with Gasteiger partial charge in [0.05, 0.1) is 6.61 Å². The molecule has 2 N–H and O–H groups in total. The highest BCUT2D eigenvalue weighted by Gasteiger charge is 2.10. The maximum atomic E-state index is 11.1. The lowest BCUT2D eigenvalue weighted by molar-refractivity contribution is 0.0691. The van der Waals surface area contributed by atoms with E-state index in [4.69, 9.17) is 9.84 Å². The highest BCUT2D eigenvalue weighted by molar-refractivity contribution is 5.97. The van der Waals surface area contributed by atoms with Gasteiger partial charge in [-0.15, -0.1) is 0 Å². The standard InChI is InChI=1S/C14H16N2O3/c1-2-19-8-7-15-13-11-6-4-3-5-10(11)9-12(16-13)14(17)18/h3-6,9H,2,7-8H2,1H3,(H,15,16)(H,17,18). The lowest BCUT2D eigenvalue weighted by atomic mass is 10.1. The van der Waals surface area contributed by atoms with E-state index < -0.39 is 5.97 Å². The molecule has 2 rings (SSSR count). The summed E-state index contributed by atoms with van der Waals surface area (Å²) in [5.74, 6) is -0.450. The highest BCUT2D eigenvalue weighted by atomic mass is 16.5. The first-order chi connectivity index (χ1) is 9.22. The summed E-state index contributed by atoms with van der Waals surface area (Å²) < 4.78 is 5.24. The van der Waals surface area contributed by atoms with Crippen LogP contribution in [-0.2, 0) is 4.74 Å². The van der Waals surface area contributed by atoms with Crippen LogP contribution >= 0.6 is 0 Å². The number of aromatic nitrogens is 1. The van der Waals surface area contributed by atoms with Crippen molar-refractivity contribution < 1.29 is 14.6 Å². The monoisotopic (exact) mass is 260 g/mol. The maximum Gasteiger partial charge on any atom is 0.354 e. The molecule has 1 heterocycles. The number of carbonyl (C=O) groups is 1. The fourth-order valence-electron chi connectivity index (χ4n) is 1.83. The van der Waals surface area contributed by atoms with Gasteiger partial charge in [-0.2, -0.15) is 0 Å². The average molecular weight is 260 g/mol. The largest absolute Gasteiger partial charge is 0.477 e. The Hall–Kier alpha value is -2.14. The van der Waals surface area contributed by atoms with E-state index in [1.165, 1.54) is 0 Å².